The first-order chi connectivity index (χ1) is 7.67. The summed E-state index contributed by atoms with van der Waals surface area (Å²) in [4.78, 5) is 0. The molecule has 0 fully saturated rings. The molecular formula is C13H20O2S. The van der Waals surface area contributed by atoms with Gasteiger partial charge in [0, 0.05) is 5.92 Å². The van der Waals surface area contributed by atoms with Crippen LogP contribution < -0.4 is 9.47 Å². The van der Waals surface area contributed by atoms with Crippen molar-refractivity contribution in [3.63, 3.8) is 0 Å². The van der Waals surface area contributed by atoms with E-state index in [1.165, 1.54) is 0 Å². The van der Waals surface area contributed by atoms with Gasteiger partial charge in [0.25, 0.3) is 0 Å². The van der Waals surface area contributed by atoms with Gasteiger partial charge in [-0.15, -0.1) is 0 Å². The van der Waals surface area contributed by atoms with Gasteiger partial charge in [0.2, 0.25) is 0 Å². The summed E-state index contributed by atoms with van der Waals surface area (Å²) in [7, 11) is 1.66. The Labute approximate surface area is 103 Å². The molecule has 0 bridgehead atoms. The van der Waals surface area contributed by atoms with Crippen LogP contribution >= 0.6 is 12.6 Å². The van der Waals surface area contributed by atoms with E-state index < -0.39 is 0 Å². The van der Waals surface area contributed by atoms with Gasteiger partial charge in [-0.2, -0.15) is 12.6 Å². The van der Waals surface area contributed by atoms with Crippen LogP contribution in [0.5, 0.6) is 11.5 Å². The van der Waals surface area contributed by atoms with Gasteiger partial charge in [-0.3, -0.25) is 0 Å². The molecule has 2 nitrogen and oxygen atoms in total. The third-order valence-corrected chi connectivity index (χ3v) is 3.17. The number of ether oxygens (including phenoxy) is 2. The molecule has 0 aromatic heterocycles. The van der Waals surface area contributed by atoms with E-state index in [1.54, 1.807) is 7.11 Å². The summed E-state index contributed by atoms with van der Waals surface area (Å²) in [5.74, 6) is 3.67. The lowest BCUT2D eigenvalue weighted by atomic mass is 9.99. The molecule has 0 radical (unpaired) electrons. The molecule has 1 unspecified atom stereocenters. The molecule has 0 heterocycles. The van der Waals surface area contributed by atoms with Crippen LogP contribution in [0.3, 0.4) is 0 Å². The molecule has 0 spiro atoms. The van der Waals surface area contributed by atoms with Crippen molar-refractivity contribution in [2.24, 2.45) is 11.8 Å². The second-order valence-electron chi connectivity index (χ2n) is 4.17. The normalized spacial score (nSPS) is 12.6. The summed E-state index contributed by atoms with van der Waals surface area (Å²) in [6.45, 7) is 5.10. The Morgan fingerprint density at radius 3 is 2.12 bits per heavy atom. The maximum absolute atomic E-state index is 5.72. The van der Waals surface area contributed by atoms with Crippen molar-refractivity contribution < 1.29 is 9.47 Å². The molecule has 0 aliphatic rings. The first-order valence-corrected chi connectivity index (χ1v) is 6.18. The third kappa shape index (κ3) is 3.97. The summed E-state index contributed by atoms with van der Waals surface area (Å²) >= 11 is 4.33. The fourth-order valence-corrected chi connectivity index (χ4v) is 1.86. The van der Waals surface area contributed by atoms with Crippen LogP contribution in [0.15, 0.2) is 24.3 Å². The number of benzene rings is 1. The Morgan fingerprint density at radius 1 is 1.12 bits per heavy atom. The average molecular weight is 240 g/mol. The SMILES string of the molecule is COc1ccc(OCC(CS)C(C)C)cc1. The summed E-state index contributed by atoms with van der Waals surface area (Å²) in [5.41, 5.74) is 0. The monoisotopic (exact) mass is 240 g/mol. The van der Waals surface area contributed by atoms with Crippen LogP contribution in [0.25, 0.3) is 0 Å². The highest BCUT2D eigenvalue weighted by Crippen LogP contribution is 2.19. The summed E-state index contributed by atoms with van der Waals surface area (Å²) in [6.07, 6.45) is 0. The van der Waals surface area contributed by atoms with E-state index >= 15 is 0 Å². The van der Waals surface area contributed by atoms with Gasteiger partial charge >= 0.3 is 0 Å². The smallest absolute Gasteiger partial charge is 0.119 e. The van der Waals surface area contributed by atoms with Gasteiger partial charge in [-0.05, 0) is 35.9 Å². The molecule has 1 atom stereocenters. The van der Waals surface area contributed by atoms with E-state index in [0.717, 1.165) is 17.3 Å². The van der Waals surface area contributed by atoms with E-state index in [0.29, 0.717) is 18.4 Å². The molecule has 1 aromatic carbocycles. The molecule has 0 N–H and O–H groups in total. The van der Waals surface area contributed by atoms with Crippen LogP contribution in [-0.2, 0) is 0 Å². The van der Waals surface area contributed by atoms with Gasteiger partial charge in [-0.25, -0.2) is 0 Å². The maximum Gasteiger partial charge on any atom is 0.119 e. The van der Waals surface area contributed by atoms with Crippen molar-refractivity contribution in [1.82, 2.24) is 0 Å². The van der Waals surface area contributed by atoms with Gasteiger partial charge in [0.05, 0.1) is 13.7 Å². The van der Waals surface area contributed by atoms with Crippen LogP contribution in [-0.4, -0.2) is 19.5 Å². The fraction of sp³-hybridized carbons (Fsp3) is 0.538. The molecule has 16 heavy (non-hydrogen) atoms. The van der Waals surface area contributed by atoms with Crippen molar-refractivity contribution in [2.75, 3.05) is 19.5 Å². The molecule has 90 valence electrons. The minimum absolute atomic E-state index is 0.491. The number of rotatable bonds is 6. The number of hydrogen-bond acceptors (Lipinski definition) is 3. The molecular weight excluding hydrogens is 220 g/mol. The molecule has 0 aliphatic carbocycles. The minimum Gasteiger partial charge on any atom is -0.497 e. The first kappa shape index (κ1) is 13.2. The van der Waals surface area contributed by atoms with Crippen LogP contribution in [0.1, 0.15) is 13.8 Å². The molecule has 1 aromatic rings. The van der Waals surface area contributed by atoms with Crippen molar-refractivity contribution in [3.05, 3.63) is 24.3 Å². The highest BCUT2D eigenvalue weighted by molar-refractivity contribution is 7.80. The second kappa shape index (κ2) is 6.69. The van der Waals surface area contributed by atoms with Gasteiger partial charge in [0.15, 0.2) is 0 Å². The molecule has 3 heteroatoms. The lowest BCUT2D eigenvalue weighted by Crippen LogP contribution is -2.19. The molecule has 0 saturated heterocycles. The Hall–Kier alpha value is -0.830. The quantitative estimate of drug-likeness (QED) is 0.769. The van der Waals surface area contributed by atoms with Gasteiger partial charge < -0.3 is 9.47 Å². The Balaban J connectivity index is 2.47. The minimum atomic E-state index is 0.491. The number of hydrogen-bond donors (Lipinski definition) is 1. The van der Waals surface area contributed by atoms with E-state index in [4.69, 9.17) is 9.47 Å². The lowest BCUT2D eigenvalue weighted by molar-refractivity contribution is 0.227. The fourth-order valence-electron chi connectivity index (χ4n) is 1.33. The predicted octanol–water partition coefficient (Wildman–Crippen LogP) is 3.28. The van der Waals surface area contributed by atoms with Crippen LogP contribution in [0, 0.1) is 11.8 Å². The topological polar surface area (TPSA) is 18.5 Å². The largest absolute Gasteiger partial charge is 0.497 e. The van der Waals surface area contributed by atoms with Gasteiger partial charge in [0.1, 0.15) is 11.5 Å². The summed E-state index contributed by atoms with van der Waals surface area (Å²) in [6, 6.07) is 7.66. The number of thiol groups is 1. The Morgan fingerprint density at radius 2 is 1.69 bits per heavy atom. The van der Waals surface area contributed by atoms with Crippen LogP contribution in [0.2, 0.25) is 0 Å². The number of methoxy groups -OCH3 is 1. The predicted molar refractivity (Wildman–Crippen MR) is 70.7 cm³/mol. The molecule has 0 aliphatic heterocycles. The highest BCUT2D eigenvalue weighted by Gasteiger charge is 2.12. The van der Waals surface area contributed by atoms with Gasteiger partial charge in [-0.1, -0.05) is 13.8 Å². The lowest BCUT2D eigenvalue weighted by Gasteiger charge is -2.19. The summed E-state index contributed by atoms with van der Waals surface area (Å²) < 4.78 is 10.8. The molecule has 1 rings (SSSR count). The average Bonchev–Trinajstić information content (AvgIpc) is 2.30. The Kier molecular flexibility index (Phi) is 5.53. The van der Waals surface area contributed by atoms with Crippen molar-refractivity contribution >= 4 is 12.6 Å². The standard InChI is InChI=1S/C13H20O2S/c1-10(2)11(9-16)8-15-13-6-4-12(14-3)5-7-13/h4-7,10-11,16H,8-9H2,1-3H3. The van der Waals surface area contributed by atoms with E-state index in [1.807, 2.05) is 24.3 Å². The van der Waals surface area contributed by atoms with E-state index in [-0.39, 0.29) is 0 Å². The van der Waals surface area contributed by atoms with Crippen molar-refractivity contribution in [2.45, 2.75) is 13.8 Å². The Bertz CT molecular complexity index is 295. The summed E-state index contributed by atoms with van der Waals surface area (Å²) in [5, 5.41) is 0. The zero-order chi connectivity index (χ0) is 12.0. The zero-order valence-corrected chi connectivity index (χ0v) is 11.0. The first-order valence-electron chi connectivity index (χ1n) is 5.55. The maximum atomic E-state index is 5.72. The molecule has 0 saturated carbocycles. The van der Waals surface area contributed by atoms with Crippen molar-refractivity contribution in [1.29, 1.82) is 0 Å². The van der Waals surface area contributed by atoms with Crippen LogP contribution in [0.4, 0.5) is 0 Å². The zero-order valence-electron chi connectivity index (χ0n) is 10.1. The van der Waals surface area contributed by atoms with E-state index in [9.17, 15) is 0 Å². The highest BCUT2D eigenvalue weighted by atomic mass is 32.1. The van der Waals surface area contributed by atoms with Crippen molar-refractivity contribution in [3.8, 4) is 11.5 Å². The van der Waals surface area contributed by atoms with E-state index in [2.05, 4.69) is 26.5 Å². The second-order valence-corrected chi connectivity index (χ2v) is 4.54. The molecule has 0 amide bonds. The third-order valence-electron chi connectivity index (χ3n) is 2.70.